The Kier molecular flexibility index (Phi) is 4.34. The lowest BCUT2D eigenvalue weighted by Crippen LogP contribution is -2.35. The van der Waals surface area contributed by atoms with Gasteiger partial charge in [-0.3, -0.25) is 0 Å². The molecule has 0 aliphatic rings. The summed E-state index contributed by atoms with van der Waals surface area (Å²) in [6.07, 6.45) is 1.44. The van der Waals surface area contributed by atoms with Gasteiger partial charge in [0.25, 0.3) is 5.89 Å². The van der Waals surface area contributed by atoms with Gasteiger partial charge in [-0.15, -0.1) is 30.8 Å². The van der Waals surface area contributed by atoms with Gasteiger partial charge in [0.2, 0.25) is 5.89 Å². The van der Waals surface area contributed by atoms with Gasteiger partial charge in [0.05, 0.1) is 10.5 Å². The SMILES string of the molecule is C[C@@](N)(CP)c1nnc(-c2csc(Cc3ccccc3)n2)o1. The van der Waals surface area contributed by atoms with Gasteiger partial charge in [0, 0.05) is 11.8 Å². The highest BCUT2D eigenvalue weighted by molar-refractivity contribution is 7.16. The molecule has 3 rings (SSSR count). The lowest BCUT2D eigenvalue weighted by Gasteiger charge is -2.16. The maximum absolute atomic E-state index is 6.10. The van der Waals surface area contributed by atoms with Crippen LogP contribution in [0.25, 0.3) is 11.6 Å². The molecule has 0 fully saturated rings. The molecule has 114 valence electrons. The Morgan fingerprint density at radius 1 is 1.27 bits per heavy atom. The zero-order valence-electron chi connectivity index (χ0n) is 12.2. The number of benzene rings is 1. The minimum absolute atomic E-state index is 0.417. The Hall–Kier alpha value is -1.62. The van der Waals surface area contributed by atoms with E-state index in [1.807, 2.05) is 30.5 Å². The third kappa shape index (κ3) is 3.24. The van der Waals surface area contributed by atoms with E-state index in [4.69, 9.17) is 10.2 Å². The van der Waals surface area contributed by atoms with Gasteiger partial charge >= 0.3 is 0 Å². The van der Waals surface area contributed by atoms with Crippen LogP contribution in [0.3, 0.4) is 0 Å². The maximum atomic E-state index is 6.10. The zero-order chi connectivity index (χ0) is 15.6. The highest BCUT2D eigenvalue weighted by Crippen LogP contribution is 2.26. The van der Waals surface area contributed by atoms with Crippen molar-refractivity contribution in [2.75, 3.05) is 6.16 Å². The first-order valence-corrected chi connectivity index (χ1v) is 8.60. The molecule has 0 amide bonds. The summed E-state index contributed by atoms with van der Waals surface area (Å²) in [5.41, 5.74) is 7.39. The molecular formula is C15H17N4OPS. The van der Waals surface area contributed by atoms with E-state index in [2.05, 4.69) is 36.6 Å². The molecule has 0 bridgehead atoms. The van der Waals surface area contributed by atoms with Crippen LogP contribution < -0.4 is 5.73 Å². The summed E-state index contributed by atoms with van der Waals surface area (Å²) in [4.78, 5) is 4.57. The van der Waals surface area contributed by atoms with Crippen LogP contribution in [0.2, 0.25) is 0 Å². The van der Waals surface area contributed by atoms with Gasteiger partial charge in [-0.05, 0) is 18.6 Å². The number of thiazole rings is 1. The molecule has 2 heterocycles. The molecule has 2 aromatic heterocycles. The third-order valence-electron chi connectivity index (χ3n) is 3.31. The molecule has 2 atom stereocenters. The first-order chi connectivity index (χ1) is 10.6. The van der Waals surface area contributed by atoms with Crippen molar-refractivity contribution in [3.8, 4) is 11.6 Å². The first-order valence-electron chi connectivity index (χ1n) is 6.90. The number of nitrogens with zero attached hydrogens (tertiary/aromatic N) is 3. The smallest absolute Gasteiger partial charge is 0.267 e. The van der Waals surface area contributed by atoms with Crippen LogP contribution in [0.5, 0.6) is 0 Å². The second-order valence-electron chi connectivity index (χ2n) is 5.32. The van der Waals surface area contributed by atoms with E-state index >= 15 is 0 Å². The number of nitrogens with two attached hydrogens (primary N) is 1. The monoisotopic (exact) mass is 332 g/mol. The predicted octanol–water partition coefficient (Wildman–Crippen LogP) is 2.83. The van der Waals surface area contributed by atoms with Crippen LogP contribution in [0.15, 0.2) is 40.1 Å². The van der Waals surface area contributed by atoms with E-state index in [0.29, 0.717) is 23.6 Å². The molecule has 0 radical (unpaired) electrons. The van der Waals surface area contributed by atoms with Crippen LogP contribution in [-0.2, 0) is 12.0 Å². The van der Waals surface area contributed by atoms with Crippen molar-refractivity contribution in [3.05, 3.63) is 52.2 Å². The average molecular weight is 332 g/mol. The largest absolute Gasteiger partial charge is 0.417 e. The molecule has 1 aromatic carbocycles. The second-order valence-corrected chi connectivity index (χ2v) is 6.67. The Balaban J connectivity index is 1.79. The van der Waals surface area contributed by atoms with Crippen molar-refractivity contribution in [1.82, 2.24) is 15.2 Å². The maximum Gasteiger partial charge on any atom is 0.267 e. The van der Waals surface area contributed by atoms with Crippen molar-refractivity contribution >= 4 is 20.6 Å². The van der Waals surface area contributed by atoms with Crippen LogP contribution in [0.1, 0.15) is 23.4 Å². The van der Waals surface area contributed by atoms with E-state index in [1.54, 1.807) is 11.3 Å². The molecule has 0 aliphatic heterocycles. The van der Waals surface area contributed by atoms with Crippen molar-refractivity contribution in [2.45, 2.75) is 18.9 Å². The number of hydrogen-bond acceptors (Lipinski definition) is 6. The van der Waals surface area contributed by atoms with Crippen molar-refractivity contribution in [1.29, 1.82) is 0 Å². The first kappa shape index (κ1) is 15.3. The summed E-state index contributed by atoms with van der Waals surface area (Å²) in [6.45, 7) is 1.86. The van der Waals surface area contributed by atoms with Crippen molar-refractivity contribution in [3.63, 3.8) is 0 Å². The molecule has 0 aliphatic carbocycles. The number of hydrogen-bond donors (Lipinski definition) is 1. The molecule has 22 heavy (non-hydrogen) atoms. The lowest BCUT2D eigenvalue weighted by molar-refractivity contribution is 0.389. The van der Waals surface area contributed by atoms with Gasteiger partial charge in [-0.2, -0.15) is 0 Å². The highest BCUT2D eigenvalue weighted by atomic mass is 32.1. The molecule has 5 nitrogen and oxygen atoms in total. The number of rotatable bonds is 5. The fourth-order valence-corrected chi connectivity index (χ4v) is 2.88. The molecule has 0 spiro atoms. The van der Waals surface area contributed by atoms with Crippen LogP contribution in [0, 0.1) is 0 Å². The summed E-state index contributed by atoms with van der Waals surface area (Å²) in [6, 6.07) is 10.2. The van der Waals surface area contributed by atoms with E-state index in [-0.39, 0.29) is 0 Å². The topological polar surface area (TPSA) is 77.8 Å². The summed E-state index contributed by atoms with van der Waals surface area (Å²) in [5, 5.41) is 11.0. The molecule has 1 unspecified atom stereocenters. The average Bonchev–Trinajstić information content (AvgIpc) is 3.17. The molecular weight excluding hydrogens is 315 g/mol. The normalized spacial score (nSPS) is 14.0. The predicted molar refractivity (Wildman–Crippen MR) is 90.8 cm³/mol. The third-order valence-corrected chi connectivity index (χ3v) is 5.00. The van der Waals surface area contributed by atoms with E-state index < -0.39 is 5.54 Å². The second kappa shape index (κ2) is 6.24. The fraction of sp³-hybridized carbons (Fsp3) is 0.267. The Bertz CT molecular complexity index is 754. The van der Waals surface area contributed by atoms with Gasteiger partial charge in [0.15, 0.2) is 0 Å². The molecule has 2 N–H and O–H groups in total. The van der Waals surface area contributed by atoms with Gasteiger partial charge in [0.1, 0.15) is 5.69 Å². The molecule has 7 heteroatoms. The van der Waals surface area contributed by atoms with Gasteiger partial charge in [-0.1, -0.05) is 30.3 Å². The Labute approximate surface area is 135 Å². The fourth-order valence-electron chi connectivity index (χ4n) is 1.91. The molecule has 0 saturated carbocycles. The van der Waals surface area contributed by atoms with E-state index in [0.717, 1.165) is 11.4 Å². The van der Waals surface area contributed by atoms with E-state index in [9.17, 15) is 0 Å². The highest BCUT2D eigenvalue weighted by Gasteiger charge is 2.26. The Morgan fingerprint density at radius 3 is 2.77 bits per heavy atom. The van der Waals surface area contributed by atoms with Crippen LogP contribution >= 0.6 is 20.6 Å². The summed E-state index contributed by atoms with van der Waals surface area (Å²) in [7, 11) is 2.59. The minimum Gasteiger partial charge on any atom is -0.417 e. The molecule has 0 saturated heterocycles. The minimum atomic E-state index is -0.640. The quantitative estimate of drug-likeness (QED) is 0.727. The Morgan fingerprint density at radius 2 is 2.05 bits per heavy atom. The standard InChI is InChI=1S/C15H17N4OPS/c1-15(16,9-21)14-19-18-13(20-14)11-8-22-12(17-11)7-10-5-3-2-4-6-10/h2-6,8H,7,9,16,21H2,1H3/t15-/m1/s1. The van der Waals surface area contributed by atoms with Gasteiger partial charge < -0.3 is 10.2 Å². The van der Waals surface area contributed by atoms with Crippen LogP contribution in [0.4, 0.5) is 0 Å². The summed E-state index contributed by atoms with van der Waals surface area (Å²) < 4.78 is 5.67. The van der Waals surface area contributed by atoms with Crippen LogP contribution in [-0.4, -0.2) is 21.3 Å². The van der Waals surface area contributed by atoms with Crippen molar-refractivity contribution in [2.24, 2.45) is 5.73 Å². The lowest BCUT2D eigenvalue weighted by atomic mass is 10.1. The number of aromatic nitrogens is 3. The van der Waals surface area contributed by atoms with E-state index in [1.165, 1.54) is 5.56 Å². The molecule has 3 aromatic rings. The summed E-state index contributed by atoms with van der Waals surface area (Å²) >= 11 is 1.59. The summed E-state index contributed by atoms with van der Waals surface area (Å²) in [5.74, 6) is 0.843. The van der Waals surface area contributed by atoms with Gasteiger partial charge in [-0.25, -0.2) is 4.98 Å². The zero-order valence-corrected chi connectivity index (χ0v) is 14.2. The van der Waals surface area contributed by atoms with Crippen molar-refractivity contribution < 1.29 is 4.42 Å².